The van der Waals surface area contributed by atoms with Crippen LogP contribution in [0.5, 0.6) is 5.75 Å². The Balaban J connectivity index is 1.54. The van der Waals surface area contributed by atoms with Crippen LogP contribution in [0.3, 0.4) is 0 Å². The van der Waals surface area contributed by atoms with Crippen molar-refractivity contribution in [1.82, 2.24) is 5.32 Å². The predicted molar refractivity (Wildman–Crippen MR) is 93.5 cm³/mol. The van der Waals surface area contributed by atoms with Crippen LogP contribution in [-0.2, 0) is 20.7 Å². The Labute approximate surface area is 146 Å². The molecule has 6 heteroatoms. The van der Waals surface area contributed by atoms with Crippen LogP contribution >= 0.6 is 0 Å². The molecule has 1 aliphatic heterocycles. The van der Waals surface area contributed by atoms with Crippen molar-refractivity contribution in [2.24, 2.45) is 0 Å². The van der Waals surface area contributed by atoms with E-state index < -0.39 is 11.8 Å². The molecule has 2 amide bonds. The first-order chi connectivity index (χ1) is 12.2. The van der Waals surface area contributed by atoms with Gasteiger partial charge < -0.3 is 20.1 Å². The Morgan fingerprint density at radius 1 is 1.12 bits per heavy atom. The van der Waals surface area contributed by atoms with Gasteiger partial charge in [0.05, 0.1) is 13.7 Å². The highest BCUT2D eigenvalue weighted by Crippen LogP contribution is 2.26. The molecule has 0 spiro atoms. The number of ether oxygens (including phenoxy) is 2. The van der Waals surface area contributed by atoms with Crippen molar-refractivity contribution < 1.29 is 19.1 Å². The van der Waals surface area contributed by atoms with Crippen LogP contribution in [0.1, 0.15) is 17.2 Å². The third kappa shape index (κ3) is 4.16. The molecule has 1 heterocycles. The molecular weight excluding hydrogens is 320 g/mol. The van der Waals surface area contributed by atoms with Gasteiger partial charge in [-0.2, -0.15) is 0 Å². The van der Waals surface area contributed by atoms with E-state index in [9.17, 15) is 9.59 Å². The fraction of sp³-hybridized carbons (Fsp3) is 0.263. The highest BCUT2D eigenvalue weighted by atomic mass is 16.5. The normalized spacial score (nSPS) is 15.8. The third-order valence-electron chi connectivity index (χ3n) is 4.09. The Kier molecular flexibility index (Phi) is 5.30. The number of nitrogens with one attached hydrogen (secondary N) is 2. The van der Waals surface area contributed by atoms with E-state index in [-0.39, 0.29) is 12.6 Å². The average molecular weight is 340 g/mol. The van der Waals surface area contributed by atoms with Gasteiger partial charge in [-0.3, -0.25) is 9.59 Å². The van der Waals surface area contributed by atoms with Gasteiger partial charge in [-0.05, 0) is 41.8 Å². The van der Waals surface area contributed by atoms with Crippen LogP contribution in [0.15, 0.2) is 48.5 Å². The molecule has 2 aromatic rings. The van der Waals surface area contributed by atoms with Crippen molar-refractivity contribution in [1.29, 1.82) is 0 Å². The molecule has 0 bridgehead atoms. The summed E-state index contributed by atoms with van der Waals surface area (Å²) in [5.74, 6) is -0.729. The molecule has 130 valence electrons. The molecule has 0 aromatic heterocycles. The Morgan fingerprint density at radius 2 is 1.88 bits per heavy atom. The molecule has 0 saturated heterocycles. The highest BCUT2D eigenvalue weighted by molar-refractivity contribution is 6.39. The smallest absolute Gasteiger partial charge is 0.313 e. The Hall–Kier alpha value is -2.86. The van der Waals surface area contributed by atoms with Crippen molar-refractivity contribution in [2.45, 2.75) is 12.5 Å². The van der Waals surface area contributed by atoms with Crippen molar-refractivity contribution in [2.75, 3.05) is 25.6 Å². The van der Waals surface area contributed by atoms with Gasteiger partial charge in [-0.25, -0.2) is 0 Å². The van der Waals surface area contributed by atoms with Crippen LogP contribution in [0.25, 0.3) is 0 Å². The van der Waals surface area contributed by atoms with E-state index >= 15 is 0 Å². The highest BCUT2D eigenvalue weighted by Gasteiger charge is 2.22. The lowest BCUT2D eigenvalue weighted by Gasteiger charge is -2.26. The first kappa shape index (κ1) is 17.0. The lowest BCUT2D eigenvalue weighted by atomic mass is 9.97. The molecule has 1 unspecified atom stereocenters. The number of carbonyl (C=O) groups excluding carboxylic acids is 2. The molecule has 3 rings (SSSR count). The summed E-state index contributed by atoms with van der Waals surface area (Å²) in [4.78, 5) is 24.0. The van der Waals surface area contributed by atoms with E-state index in [4.69, 9.17) is 9.47 Å². The van der Waals surface area contributed by atoms with Gasteiger partial charge >= 0.3 is 11.8 Å². The van der Waals surface area contributed by atoms with Gasteiger partial charge in [0.25, 0.3) is 0 Å². The number of fused-ring (bicyclic) bond motifs is 1. The van der Waals surface area contributed by atoms with Crippen LogP contribution < -0.4 is 15.4 Å². The predicted octanol–water partition coefficient (Wildman–Crippen LogP) is 2.06. The fourth-order valence-electron chi connectivity index (χ4n) is 2.77. The number of anilines is 1. The summed E-state index contributed by atoms with van der Waals surface area (Å²) in [6.07, 6.45) is 0.626. The Bertz CT molecular complexity index is 758. The molecule has 0 fully saturated rings. The molecule has 1 aliphatic rings. The van der Waals surface area contributed by atoms with Crippen LogP contribution in [0.2, 0.25) is 0 Å². The summed E-state index contributed by atoms with van der Waals surface area (Å²) >= 11 is 0. The van der Waals surface area contributed by atoms with Gasteiger partial charge in [0.1, 0.15) is 11.9 Å². The quantitative estimate of drug-likeness (QED) is 0.836. The van der Waals surface area contributed by atoms with Gasteiger partial charge in [0, 0.05) is 12.2 Å². The fourth-order valence-corrected chi connectivity index (χ4v) is 2.77. The van der Waals surface area contributed by atoms with Gasteiger partial charge in [0.2, 0.25) is 0 Å². The molecule has 0 saturated carbocycles. The molecule has 0 aliphatic carbocycles. The molecule has 1 atom stereocenters. The zero-order chi connectivity index (χ0) is 17.6. The minimum Gasteiger partial charge on any atom is -0.497 e. The van der Waals surface area contributed by atoms with E-state index in [1.807, 2.05) is 18.2 Å². The average Bonchev–Trinajstić information content (AvgIpc) is 2.66. The van der Waals surface area contributed by atoms with Crippen LogP contribution in [-0.4, -0.2) is 32.1 Å². The maximum absolute atomic E-state index is 12.0. The molecule has 0 radical (unpaired) electrons. The molecular formula is C19H20N2O4. The SMILES string of the molecule is COc1ccc(NC(=O)C(=O)NCC2OCCc3ccccc32)cc1. The van der Waals surface area contributed by atoms with Gasteiger partial charge in [0.15, 0.2) is 0 Å². The van der Waals surface area contributed by atoms with E-state index in [2.05, 4.69) is 16.7 Å². The lowest BCUT2D eigenvalue weighted by molar-refractivity contribution is -0.136. The first-order valence-corrected chi connectivity index (χ1v) is 8.10. The van der Waals surface area contributed by atoms with E-state index in [0.717, 1.165) is 12.0 Å². The number of hydrogen-bond donors (Lipinski definition) is 2. The maximum Gasteiger partial charge on any atom is 0.313 e. The van der Waals surface area contributed by atoms with Crippen LogP contribution in [0.4, 0.5) is 5.69 Å². The summed E-state index contributed by atoms with van der Waals surface area (Å²) in [6, 6.07) is 14.7. The van der Waals surface area contributed by atoms with E-state index in [1.54, 1.807) is 31.4 Å². The van der Waals surface area contributed by atoms with E-state index in [0.29, 0.717) is 18.0 Å². The van der Waals surface area contributed by atoms with Crippen molar-refractivity contribution in [3.05, 3.63) is 59.7 Å². The number of hydrogen-bond acceptors (Lipinski definition) is 4. The number of amides is 2. The minimum absolute atomic E-state index is 0.234. The number of carbonyl (C=O) groups is 2. The Morgan fingerprint density at radius 3 is 2.64 bits per heavy atom. The summed E-state index contributed by atoms with van der Waals surface area (Å²) in [5, 5.41) is 5.19. The summed E-state index contributed by atoms with van der Waals surface area (Å²) in [6.45, 7) is 0.863. The van der Waals surface area contributed by atoms with Crippen molar-refractivity contribution >= 4 is 17.5 Å². The summed E-state index contributed by atoms with van der Waals surface area (Å²) in [5.41, 5.74) is 2.81. The second-order valence-electron chi connectivity index (χ2n) is 5.70. The zero-order valence-electron chi connectivity index (χ0n) is 14.0. The zero-order valence-corrected chi connectivity index (χ0v) is 14.0. The number of benzene rings is 2. The standard InChI is InChI=1S/C19H20N2O4/c1-24-15-8-6-14(7-9-15)21-19(23)18(22)20-12-17-16-5-3-2-4-13(16)10-11-25-17/h2-9,17H,10-12H2,1H3,(H,20,22)(H,21,23). The molecule has 2 aromatic carbocycles. The molecule has 2 N–H and O–H groups in total. The van der Waals surface area contributed by atoms with Crippen molar-refractivity contribution in [3.8, 4) is 5.75 Å². The first-order valence-electron chi connectivity index (χ1n) is 8.10. The van der Waals surface area contributed by atoms with Gasteiger partial charge in [-0.15, -0.1) is 0 Å². The van der Waals surface area contributed by atoms with Crippen LogP contribution in [0, 0.1) is 0 Å². The summed E-state index contributed by atoms with van der Waals surface area (Å²) in [7, 11) is 1.56. The minimum atomic E-state index is -0.714. The van der Waals surface area contributed by atoms with E-state index in [1.165, 1.54) is 5.56 Å². The number of methoxy groups -OCH3 is 1. The number of rotatable bonds is 4. The second-order valence-corrected chi connectivity index (χ2v) is 5.70. The monoisotopic (exact) mass is 340 g/mol. The molecule has 6 nitrogen and oxygen atoms in total. The maximum atomic E-state index is 12.0. The second kappa shape index (κ2) is 7.81. The third-order valence-corrected chi connectivity index (χ3v) is 4.09. The van der Waals surface area contributed by atoms with Crippen molar-refractivity contribution in [3.63, 3.8) is 0 Å². The molecule has 25 heavy (non-hydrogen) atoms. The summed E-state index contributed by atoms with van der Waals surface area (Å²) < 4.78 is 10.8. The van der Waals surface area contributed by atoms with Gasteiger partial charge in [-0.1, -0.05) is 24.3 Å². The topological polar surface area (TPSA) is 76.7 Å². The lowest BCUT2D eigenvalue weighted by Crippen LogP contribution is -2.38. The largest absolute Gasteiger partial charge is 0.497 e.